The van der Waals surface area contributed by atoms with Crippen molar-refractivity contribution in [1.29, 1.82) is 0 Å². The minimum absolute atomic E-state index is 0.0248. The maximum Gasteiger partial charge on any atom is 0.241 e. The molecule has 0 aliphatic carbocycles. The zero-order valence-corrected chi connectivity index (χ0v) is 12.7. The zero-order chi connectivity index (χ0) is 15.6. The highest BCUT2D eigenvalue weighted by atomic mass is 32.2. The molecule has 2 rings (SSSR count). The van der Waals surface area contributed by atoms with Gasteiger partial charge in [-0.05, 0) is 37.6 Å². The molecule has 0 aromatic heterocycles. The van der Waals surface area contributed by atoms with Crippen molar-refractivity contribution in [2.24, 2.45) is 0 Å². The normalized spacial score (nSPS) is 13.0. The lowest BCUT2D eigenvalue weighted by molar-refractivity contribution is 0.477. The predicted molar refractivity (Wildman–Crippen MR) is 82.4 cm³/mol. The molecule has 0 saturated carbocycles. The summed E-state index contributed by atoms with van der Waals surface area (Å²) in [5, 5.41) is 9.36. The van der Waals surface area contributed by atoms with Gasteiger partial charge in [0, 0.05) is 6.04 Å². The Morgan fingerprint density at radius 2 is 1.76 bits per heavy atom. The molecule has 0 bridgehead atoms. The molecule has 0 radical (unpaired) electrons. The molecular formula is C15H18N2O3S. The first-order valence-electron chi connectivity index (χ1n) is 6.47. The third-order valence-corrected chi connectivity index (χ3v) is 4.76. The fourth-order valence-corrected chi connectivity index (χ4v) is 3.19. The molecule has 0 aliphatic rings. The third kappa shape index (κ3) is 3.53. The average molecular weight is 306 g/mol. The number of hydrogen-bond donors (Lipinski definition) is 3. The van der Waals surface area contributed by atoms with E-state index in [-0.39, 0.29) is 22.4 Å². The van der Waals surface area contributed by atoms with Gasteiger partial charge in [0.15, 0.2) is 0 Å². The van der Waals surface area contributed by atoms with Crippen molar-refractivity contribution in [3.63, 3.8) is 0 Å². The van der Waals surface area contributed by atoms with Crippen LogP contribution < -0.4 is 10.5 Å². The molecule has 2 aromatic carbocycles. The Labute approximate surface area is 124 Å². The number of sulfonamides is 1. The van der Waals surface area contributed by atoms with Gasteiger partial charge in [-0.1, -0.05) is 29.8 Å². The number of anilines is 1. The van der Waals surface area contributed by atoms with Crippen molar-refractivity contribution in [2.45, 2.75) is 24.8 Å². The van der Waals surface area contributed by atoms with Gasteiger partial charge in [-0.3, -0.25) is 0 Å². The van der Waals surface area contributed by atoms with Gasteiger partial charge < -0.3 is 10.8 Å². The standard InChI is InChI=1S/C15H18N2O3S/c1-10-3-5-12(6-4-10)11(2)17-21(19,20)13-7-8-15(18)14(16)9-13/h3-9,11,17-18H,16H2,1-2H3. The van der Waals surface area contributed by atoms with E-state index in [1.165, 1.54) is 18.2 Å². The van der Waals surface area contributed by atoms with Gasteiger partial charge in [0.1, 0.15) is 5.75 Å². The van der Waals surface area contributed by atoms with E-state index in [1.807, 2.05) is 31.2 Å². The first-order valence-corrected chi connectivity index (χ1v) is 7.95. The van der Waals surface area contributed by atoms with Gasteiger partial charge in [-0.25, -0.2) is 13.1 Å². The van der Waals surface area contributed by atoms with Crippen LogP contribution in [0.25, 0.3) is 0 Å². The second kappa shape index (κ2) is 5.75. The van der Waals surface area contributed by atoms with Gasteiger partial charge in [0.25, 0.3) is 0 Å². The van der Waals surface area contributed by atoms with Crippen LogP contribution in [0.2, 0.25) is 0 Å². The number of aromatic hydroxyl groups is 1. The minimum atomic E-state index is -3.70. The Kier molecular flexibility index (Phi) is 4.20. The first kappa shape index (κ1) is 15.3. The number of phenols is 1. The zero-order valence-electron chi connectivity index (χ0n) is 11.9. The van der Waals surface area contributed by atoms with E-state index in [9.17, 15) is 13.5 Å². The van der Waals surface area contributed by atoms with E-state index >= 15 is 0 Å². The van der Waals surface area contributed by atoms with E-state index in [0.29, 0.717) is 0 Å². The molecule has 0 heterocycles. The van der Waals surface area contributed by atoms with Gasteiger partial charge >= 0.3 is 0 Å². The average Bonchev–Trinajstić information content (AvgIpc) is 2.42. The van der Waals surface area contributed by atoms with Crippen LogP contribution >= 0.6 is 0 Å². The number of nitrogens with one attached hydrogen (secondary N) is 1. The van der Waals surface area contributed by atoms with Crippen molar-refractivity contribution >= 4 is 15.7 Å². The molecule has 6 heteroatoms. The summed E-state index contributed by atoms with van der Waals surface area (Å²) in [7, 11) is -3.70. The fourth-order valence-electron chi connectivity index (χ4n) is 1.92. The highest BCUT2D eigenvalue weighted by molar-refractivity contribution is 7.89. The van der Waals surface area contributed by atoms with E-state index in [2.05, 4.69) is 4.72 Å². The van der Waals surface area contributed by atoms with Crippen molar-refractivity contribution < 1.29 is 13.5 Å². The number of nitrogen functional groups attached to an aromatic ring is 1. The van der Waals surface area contributed by atoms with Crippen molar-refractivity contribution in [3.8, 4) is 5.75 Å². The van der Waals surface area contributed by atoms with Crippen LogP contribution in [0.1, 0.15) is 24.1 Å². The Hall–Kier alpha value is -2.05. The molecular weight excluding hydrogens is 288 g/mol. The van der Waals surface area contributed by atoms with Gasteiger partial charge in [-0.2, -0.15) is 0 Å². The summed E-state index contributed by atoms with van der Waals surface area (Å²) in [6, 6.07) is 11.1. The highest BCUT2D eigenvalue weighted by Gasteiger charge is 2.19. The largest absolute Gasteiger partial charge is 0.506 e. The Morgan fingerprint density at radius 3 is 2.33 bits per heavy atom. The SMILES string of the molecule is Cc1ccc(C(C)NS(=O)(=O)c2ccc(O)c(N)c2)cc1. The second-order valence-electron chi connectivity index (χ2n) is 4.97. The van der Waals surface area contributed by atoms with Crippen molar-refractivity contribution in [1.82, 2.24) is 4.72 Å². The molecule has 2 aromatic rings. The summed E-state index contributed by atoms with van der Waals surface area (Å²) in [6.07, 6.45) is 0. The summed E-state index contributed by atoms with van der Waals surface area (Å²) < 4.78 is 27.2. The number of nitrogens with two attached hydrogens (primary N) is 1. The lowest BCUT2D eigenvalue weighted by Gasteiger charge is -2.15. The Balaban J connectivity index is 2.24. The van der Waals surface area contributed by atoms with Crippen LogP contribution in [0.15, 0.2) is 47.4 Å². The smallest absolute Gasteiger partial charge is 0.241 e. The van der Waals surface area contributed by atoms with Gasteiger partial charge in [0.05, 0.1) is 10.6 Å². The summed E-state index contributed by atoms with van der Waals surface area (Å²) in [5.41, 5.74) is 7.54. The number of phenolic OH excluding ortho intramolecular Hbond substituents is 1. The van der Waals surface area contributed by atoms with Crippen LogP contribution in [0, 0.1) is 6.92 Å². The molecule has 4 N–H and O–H groups in total. The molecule has 1 unspecified atom stereocenters. The number of hydrogen-bond acceptors (Lipinski definition) is 4. The molecule has 0 saturated heterocycles. The summed E-state index contributed by atoms with van der Waals surface area (Å²) >= 11 is 0. The maximum absolute atomic E-state index is 12.3. The fraction of sp³-hybridized carbons (Fsp3) is 0.200. The number of benzene rings is 2. The van der Waals surface area contributed by atoms with E-state index in [1.54, 1.807) is 6.92 Å². The molecule has 0 spiro atoms. The minimum Gasteiger partial charge on any atom is -0.506 e. The first-order chi connectivity index (χ1) is 9.79. The van der Waals surface area contributed by atoms with Crippen LogP contribution in [-0.4, -0.2) is 13.5 Å². The molecule has 5 nitrogen and oxygen atoms in total. The van der Waals surface area contributed by atoms with Crippen LogP contribution in [0.5, 0.6) is 5.75 Å². The molecule has 0 aliphatic heterocycles. The van der Waals surface area contributed by atoms with E-state index < -0.39 is 10.0 Å². The molecule has 0 amide bonds. The number of aryl methyl sites for hydroxylation is 1. The second-order valence-corrected chi connectivity index (χ2v) is 6.69. The molecule has 1 atom stereocenters. The quantitative estimate of drug-likeness (QED) is 0.597. The summed E-state index contributed by atoms with van der Waals surface area (Å²) in [4.78, 5) is 0.0248. The lowest BCUT2D eigenvalue weighted by atomic mass is 10.1. The topological polar surface area (TPSA) is 92.4 Å². The summed E-state index contributed by atoms with van der Waals surface area (Å²) in [6.45, 7) is 3.74. The Morgan fingerprint density at radius 1 is 1.14 bits per heavy atom. The predicted octanol–water partition coefficient (Wildman–Crippen LogP) is 2.32. The van der Waals surface area contributed by atoms with Crippen LogP contribution in [0.4, 0.5) is 5.69 Å². The van der Waals surface area contributed by atoms with Gasteiger partial charge in [0.2, 0.25) is 10.0 Å². The lowest BCUT2D eigenvalue weighted by Crippen LogP contribution is -2.27. The monoisotopic (exact) mass is 306 g/mol. The highest BCUT2D eigenvalue weighted by Crippen LogP contribution is 2.24. The van der Waals surface area contributed by atoms with E-state index in [0.717, 1.165) is 11.1 Å². The number of rotatable bonds is 4. The van der Waals surface area contributed by atoms with Crippen molar-refractivity contribution in [2.75, 3.05) is 5.73 Å². The van der Waals surface area contributed by atoms with Crippen molar-refractivity contribution in [3.05, 3.63) is 53.6 Å². The van der Waals surface area contributed by atoms with E-state index in [4.69, 9.17) is 5.73 Å². The van der Waals surface area contributed by atoms with Crippen LogP contribution in [-0.2, 0) is 10.0 Å². The molecule has 0 fully saturated rings. The van der Waals surface area contributed by atoms with Crippen LogP contribution in [0.3, 0.4) is 0 Å². The summed E-state index contributed by atoms with van der Waals surface area (Å²) in [5.74, 6) is -0.138. The Bertz CT molecular complexity index is 740. The maximum atomic E-state index is 12.3. The molecule has 112 valence electrons. The molecule has 21 heavy (non-hydrogen) atoms. The third-order valence-electron chi connectivity index (χ3n) is 3.22. The van der Waals surface area contributed by atoms with Gasteiger partial charge in [-0.15, -0.1) is 0 Å².